The third kappa shape index (κ3) is 4.64. The maximum absolute atomic E-state index is 11.4. The van der Waals surface area contributed by atoms with Crippen LogP contribution in [-0.2, 0) is 0 Å². The smallest absolute Gasteiger partial charge is 0.230 e. The molecule has 6 rings (SSSR count). The zero-order valence-electron chi connectivity index (χ0n) is 21.8. The lowest BCUT2D eigenvalue weighted by atomic mass is 9.95. The topological polar surface area (TPSA) is 62.9 Å². The molecule has 0 saturated carbocycles. The van der Waals surface area contributed by atoms with E-state index in [0.29, 0.717) is 21.7 Å². The van der Waals surface area contributed by atoms with E-state index in [1.807, 2.05) is 24.3 Å². The monoisotopic (exact) mass is 546 g/mol. The summed E-state index contributed by atoms with van der Waals surface area (Å²) in [5, 5.41) is 19.2. The molecular weight excluding hydrogens is 516 g/mol. The molecular formula is C30H31ClN4O2S. The van der Waals surface area contributed by atoms with Crippen LogP contribution in [0.5, 0.6) is 11.6 Å². The second kappa shape index (κ2) is 10.2. The highest BCUT2D eigenvalue weighted by atomic mass is 35.5. The third-order valence-corrected chi connectivity index (χ3v) is 8.99. The Bertz CT molecular complexity index is 1600. The molecule has 0 amide bonds. The number of piperidine rings is 1. The van der Waals surface area contributed by atoms with Gasteiger partial charge in [-0.3, -0.25) is 4.90 Å². The average Bonchev–Trinajstić information content (AvgIpc) is 3.48. The van der Waals surface area contributed by atoms with Crippen LogP contribution in [0.2, 0.25) is 5.02 Å². The number of fused-ring (bicyclic) bond motifs is 2. The predicted octanol–water partition coefficient (Wildman–Crippen LogP) is 7.28. The Morgan fingerprint density at radius 2 is 1.79 bits per heavy atom. The largest absolute Gasteiger partial charge is 0.497 e. The normalized spacial score (nSPS) is 18.2. The zero-order valence-corrected chi connectivity index (χ0v) is 23.3. The van der Waals surface area contributed by atoms with Gasteiger partial charge in [-0.1, -0.05) is 73.2 Å². The van der Waals surface area contributed by atoms with E-state index in [1.165, 1.54) is 17.8 Å². The van der Waals surface area contributed by atoms with Gasteiger partial charge in [0.25, 0.3) is 0 Å². The fraction of sp³-hybridized carbons (Fsp3) is 0.333. The summed E-state index contributed by atoms with van der Waals surface area (Å²) in [7, 11) is 1.68. The SMILES string of the molecule is COc1ccc2cc([C@H](C)c3nc4sc([C@H](c5ccc(Cl)cc5)N5CCCC(C)C5)c(O)n4n3)ccc2c1. The number of nitrogens with zero attached hydrogens (tertiary/aromatic N) is 4. The fourth-order valence-corrected chi connectivity index (χ4v) is 6.80. The number of methoxy groups -OCH3 is 1. The summed E-state index contributed by atoms with van der Waals surface area (Å²) < 4.78 is 6.96. The van der Waals surface area contributed by atoms with E-state index >= 15 is 0 Å². The quantitative estimate of drug-likeness (QED) is 0.242. The number of aromatic hydroxyl groups is 1. The van der Waals surface area contributed by atoms with Gasteiger partial charge in [-0.25, -0.2) is 4.98 Å². The lowest BCUT2D eigenvalue weighted by molar-refractivity contribution is 0.149. The van der Waals surface area contributed by atoms with Gasteiger partial charge in [-0.2, -0.15) is 4.52 Å². The Morgan fingerprint density at radius 3 is 2.53 bits per heavy atom. The van der Waals surface area contributed by atoms with Crippen LogP contribution in [0.1, 0.15) is 60.5 Å². The summed E-state index contributed by atoms with van der Waals surface area (Å²) in [5.41, 5.74) is 2.24. The Morgan fingerprint density at radius 1 is 1.05 bits per heavy atom. The number of halogens is 1. The second-order valence-corrected chi connectivity index (χ2v) is 11.8. The standard InChI is InChI=1S/C30H31ClN4O2S/c1-18-5-4-14-34(17-18)26(20-8-11-24(31)12-9-20)27-29(36)35-30(38-27)32-28(33-35)19(2)21-6-7-23-16-25(37-3)13-10-22(23)15-21/h6-13,15-16,18-19,26,36H,4-5,14,17H2,1-3H3/t18?,19-,26-/m0/s1. The first-order valence-electron chi connectivity index (χ1n) is 13.1. The van der Waals surface area contributed by atoms with Crippen LogP contribution >= 0.6 is 22.9 Å². The lowest BCUT2D eigenvalue weighted by Gasteiger charge is -2.37. The van der Waals surface area contributed by atoms with E-state index in [0.717, 1.165) is 52.0 Å². The number of benzene rings is 3. The predicted molar refractivity (Wildman–Crippen MR) is 154 cm³/mol. The number of likely N-dealkylation sites (tertiary alicyclic amines) is 1. The molecule has 3 heterocycles. The first kappa shape index (κ1) is 25.2. The highest BCUT2D eigenvalue weighted by Crippen LogP contribution is 2.42. The van der Waals surface area contributed by atoms with Crippen molar-refractivity contribution in [2.45, 2.75) is 38.6 Å². The van der Waals surface area contributed by atoms with E-state index in [2.05, 4.69) is 55.1 Å². The number of rotatable bonds is 6. The Kier molecular flexibility index (Phi) is 6.76. The van der Waals surface area contributed by atoms with E-state index < -0.39 is 0 Å². The Labute approximate surface area is 231 Å². The molecule has 0 radical (unpaired) electrons. The molecule has 0 aliphatic carbocycles. The maximum Gasteiger partial charge on any atom is 0.230 e. The molecule has 0 spiro atoms. The molecule has 6 nitrogen and oxygen atoms in total. The van der Waals surface area contributed by atoms with Crippen LogP contribution in [0.4, 0.5) is 0 Å². The van der Waals surface area contributed by atoms with Gasteiger partial charge >= 0.3 is 0 Å². The lowest BCUT2D eigenvalue weighted by Crippen LogP contribution is -2.37. The number of thiazole rings is 1. The summed E-state index contributed by atoms with van der Waals surface area (Å²) in [6.45, 7) is 6.37. The van der Waals surface area contributed by atoms with E-state index in [4.69, 9.17) is 26.4 Å². The molecule has 38 heavy (non-hydrogen) atoms. The van der Waals surface area contributed by atoms with Crippen molar-refractivity contribution in [1.29, 1.82) is 0 Å². The molecule has 1 N–H and O–H groups in total. The van der Waals surface area contributed by atoms with Crippen molar-refractivity contribution in [3.8, 4) is 11.6 Å². The minimum atomic E-state index is -0.0677. The van der Waals surface area contributed by atoms with E-state index in [9.17, 15) is 5.11 Å². The third-order valence-electron chi connectivity index (χ3n) is 7.66. The van der Waals surface area contributed by atoms with E-state index in [1.54, 1.807) is 11.6 Å². The first-order chi connectivity index (χ1) is 18.4. The number of aromatic nitrogens is 3. The van der Waals surface area contributed by atoms with Crippen LogP contribution in [0.15, 0.2) is 60.7 Å². The summed E-state index contributed by atoms with van der Waals surface area (Å²) in [6, 6.07) is 20.4. The van der Waals surface area contributed by atoms with Gasteiger partial charge in [0.1, 0.15) is 5.75 Å². The molecule has 1 fully saturated rings. The molecule has 1 saturated heterocycles. The minimum absolute atomic E-state index is 0.0218. The van der Waals surface area contributed by atoms with Crippen LogP contribution in [0.3, 0.4) is 0 Å². The molecule has 3 atom stereocenters. The summed E-state index contributed by atoms with van der Waals surface area (Å²) in [5.74, 6) is 2.29. The molecule has 2 aromatic heterocycles. The summed E-state index contributed by atoms with van der Waals surface area (Å²) in [6.07, 6.45) is 2.38. The van der Waals surface area contributed by atoms with Gasteiger partial charge in [0.2, 0.25) is 10.8 Å². The van der Waals surface area contributed by atoms with Crippen LogP contribution in [-0.4, -0.2) is 44.8 Å². The average molecular weight is 547 g/mol. The first-order valence-corrected chi connectivity index (χ1v) is 14.3. The van der Waals surface area contributed by atoms with Crippen molar-refractivity contribution in [2.24, 2.45) is 5.92 Å². The summed E-state index contributed by atoms with van der Waals surface area (Å²) >= 11 is 7.72. The van der Waals surface area contributed by atoms with Crippen LogP contribution in [0.25, 0.3) is 15.7 Å². The van der Waals surface area contributed by atoms with Crippen molar-refractivity contribution in [3.05, 3.63) is 87.5 Å². The van der Waals surface area contributed by atoms with Gasteiger partial charge in [0, 0.05) is 17.5 Å². The van der Waals surface area contributed by atoms with Gasteiger partial charge in [-0.15, -0.1) is 5.10 Å². The van der Waals surface area contributed by atoms with Crippen molar-refractivity contribution in [2.75, 3.05) is 20.2 Å². The highest BCUT2D eigenvalue weighted by Gasteiger charge is 2.32. The number of hydrogen-bond donors (Lipinski definition) is 1. The second-order valence-electron chi connectivity index (χ2n) is 10.3. The molecule has 196 valence electrons. The van der Waals surface area contributed by atoms with Gasteiger partial charge in [-0.05, 0) is 71.5 Å². The zero-order chi connectivity index (χ0) is 26.4. The van der Waals surface area contributed by atoms with Crippen molar-refractivity contribution in [3.63, 3.8) is 0 Å². The molecule has 8 heteroatoms. The molecule has 1 unspecified atom stereocenters. The fourth-order valence-electron chi connectivity index (χ4n) is 5.55. The van der Waals surface area contributed by atoms with Crippen molar-refractivity contribution in [1.82, 2.24) is 19.5 Å². The molecule has 0 bridgehead atoms. The highest BCUT2D eigenvalue weighted by molar-refractivity contribution is 7.17. The van der Waals surface area contributed by atoms with Crippen LogP contribution in [0, 0.1) is 5.92 Å². The minimum Gasteiger partial charge on any atom is -0.497 e. The number of ether oxygens (including phenoxy) is 1. The van der Waals surface area contributed by atoms with E-state index in [-0.39, 0.29) is 17.8 Å². The molecule has 5 aromatic rings. The summed E-state index contributed by atoms with van der Waals surface area (Å²) in [4.78, 5) is 8.92. The number of hydrogen-bond acceptors (Lipinski definition) is 6. The molecule has 3 aromatic carbocycles. The van der Waals surface area contributed by atoms with Crippen LogP contribution < -0.4 is 4.74 Å². The van der Waals surface area contributed by atoms with Gasteiger partial charge in [0.15, 0.2) is 5.82 Å². The Hall–Kier alpha value is -3.13. The van der Waals surface area contributed by atoms with Crippen molar-refractivity contribution < 1.29 is 9.84 Å². The van der Waals surface area contributed by atoms with Crippen molar-refractivity contribution >= 4 is 38.7 Å². The van der Waals surface area contributed by atoms with Gasteiger partial charge in [0.05, 0.1) is 18.0 Å². The Balaban J connectivity index is 1.35. The maximum atomic E-state index is 11.4. The molecule has 1 aliphatic heterocycles. The molecule has 1 aliphatic rings. The van der Waals surface area contributed by atoms with Gasteiger partial charge < -0.3 is 9.84 Å².